The Morgan fingerprint density at radius 1 is 1.80 bits per heavy atom. The first kappa shape index (κ1) is 7.28. The van der Waals surface area contributed by atoms with E-state index in [0.29, 0.717) is 5.71 Å². The molecule has 0 saturated carbocycles. The third-order valence-corrected chi connectivity index (χ3v) is 1.68. The molecule has 0 radical (unpaired) electrons. The Hall–Kier alpha value is -0.830. The van der Waals surface area contributed by atoms with E-state index >= 15 is 0 Å². The molecule has 0 aliphatic heterocycles. The summed E-state index contributed by atoms with van der Waals surface area (Å²) in [6.45, 7) is 0. The Kier molecular flexibility index (Phi) is 2.06. The van der Waals surface area contributed by atoms with Crippen molar-refractivity contribution >= 4 is 5.71 Å². The van der Waals surface area contributed by atoms with Gasteiger partial charge in [-0.15, -0.1) is 0 Å². The van der Waals surface area contributed by atoms with Crippen molar-refractivity contribution in [2.24, 2.45) is 5.73 Å². The maximum atomic E-state index is 7.35. The van der Waals surface area contributed by atoms with E-state index in [2.05, 4.69) is 0 Å². The predicted molar refractivity (Wildman–Crippen MR) is 40.0 cm³/mol. The van der Waals surface area contributed by atoms with Crippen molar-refractivity contribution in [2.75, 3.05) is 7.11 Å². The molecule has 1 rings (SSSR count). The Morgan fingerprint density at radius 3 is 3.00 bits per heavy atom. The van der Waals surface area contributed by atoms with Crippen LogP contribution in [-0.4, -0.2) is 18.9 Å². The van der Waals surface area contributed by atoms with E-state index < -0.39 is 0 Å². The maximum Gasteiger partial charge on any atom is 0.0974 e. The first-order valence-electron chi connectivity index (χ1n) is 3.32. The van der Waals surface area contributed by atoms with E-state index in [0.717, 1.165) is 18.6 Å². The fourth-order valence-corrected chi connectivity index (χ4v) is 0.967. The lowest BCUT2D eigenvalue weighted by atomic mass is 9.99. The second-order valence-electron chi connectivity index (χ2n) is 2.42. The molecule has 0 aromatic rings. The second-order valence-corrected chi connectivity index (χ2v) is 2.42. The fraction of sp³-hybridized carbons (Fsp3) is 0.571. The zero-order chi connectivity index (χ0) is 7.56. The Labute approximate surface area is 60.4 Å². The van der Waals surface area contributed by atoms with E-state index in [-0.39, 0.29) is 6.04 Å². The summed E-state index contributed by atoms with van der Waals surface area (Å²) in [5.74, 6) is 0.867. The molecule has 3 nitrogen and oxygen atoms in total. The lowest BCUT2D eigenvalue weighted by Gasteiger charge is -2.17. The molecule has 0 amide bonds. The molecule has 0 aromatic heterocycles. The van der Waals surface area contributed by atoms with Gasteiger partial charge < -0.3 is 15.9 Å². The van der Waals surface area contributed by atoms with E-state index in [1.54, 1.807) is 13.2 Å². The van der Waals surface area contributed by atoms with Crippen molar-refractivity contribution in [3.05, 3.63) is 11.8 Å². The molecule has 0 fully saturated rings. The molecule has 0 heterocycles. The van der Waals surface area contributed by atoms with E-state index in [4.69, 9.17) is 15.9 Å². The summed E-state index contributed by atoms with van der Waals surface area (Å²) in [6.07, 6.45) is 3.40. The van der Waals surface area contributed by atoms with Gasteiger partial charge in [0.05, 0.1) is 18.6 Å². The molecule has 1 aliphatic rings. The van der Waals surface area contributed by atoms with Gasteiger partial charge in [0.2, 0.25) is 0 Å². The minimum Gasteiger partial charge on any atom is -0.501 e. The van der Waals surface area contributed by atoms with Gasteiger partial charge in [-0.1, -0.05) is 0 Å². The van der Waals surface area contributed by atoms with Gasteiger partial charge in [0, 0.05) is 12.5 Å². The number of hydrogen-bond acceptors (Lipinski definition) is 3. The summed E-state index contributed by atoms with van der Waals surface area (Å²) in [6, 6.07) is -0.0844. The first-order valence-corrected chi connectivity index (χ1v) is 3.32. The van der Waals surface area contributed by atoms with Gasteiger partial charge in [-0.2, -0.15) is 0 Å². The molecule has 3 heteroatoms. The van der Waals surface area contributed by atoms with Crippen molar-refractivity contribution in [2.45, 2.75) is 18.9 Å². The van der Waals surface area contributed by atoms with E-state index in [1.165, 1.54) is 0 Å². The molecule has 10 heavy (non-hydrogen) atoms. The third kappa shape index (κ3) is 1.36. The van der Waals surface area contributed by atoms with Crippen LogP contribution in [0.3, 0.4) is 0 Å². The van der Waals surface area contributed by atoms with Gasteiger partial charge in [-0.05, 0) is 12.5 Å². The molecule has 56 valence electrons. The lowest BCUT2D eigenvalue weighted by molar-refractivity contribution is 0.272. The number of hydrogen-bond donors (Lipinski definition) is 2. The first-order chi connectivity index (χ1) is 4.74. The molecule has 1 atom stereocenters. The number of ether oxygens (including phenoxy) is 1. The smallest absolute Gasteiger partial charge is 0.0974 e. The largest absolute Gasteiger partial charge is 0.501 e. The quantitative estimate of drug-likeness (QED) is 0.562. The monoisotopic (exact) mass is 140 g/mol. The highest BCUT2D eigenvalue weighted by Gasteiger charge is 2.14. The normalized spacial score (nSPS) is 26.0. The lowest BCUT2D eigenvalue weighted by Crippen LogP contribution is -2.31. The number of nitrogens with one attached hydrogen (secondary N) is 1. The van der Waals surface area contributed by atoms with Crippen molar-refractivity contribution < 1.29 is 4.74 Å². The van der Waals surface area contributed by atoms with Crippen LogP contribution in [0.1, 0.15) is 12.8 Å². The van der Waals surface area contributed by atoms with Gasteiger partial charge in [-0.25, -0.2) is 0 Å². The highest BCUT2D eigenvalue weighted by atomic mass is 16.5. The van der Waals surface area contributed by atoms with E-state index in [9.17, 15) is 0 Å². The zero-order valence-electron chi connectivity index (χ0n) is 6.05. The maximum absolute atomic E-state index is 7.35. The number of methoxy groups -OCH3 is 1. The van der Waals surface area contributed by atoms with Crippen molar-refractivity contribution in [3.63, 3.8) is 0 Å². The van der Waals surface area contributed by atoms with Crippen LogP contribution < -0.4 is 5.73 Å². The molecule has 0 saturated heterocycles. The van der Waals surface area contributed by atoms with E-state index in [1.807, 2.05) is 0 Å². The summed E-state index contributed by atoms with van der Waals surface area (Å²) in [5.41, 5.74) is 6.05. The van der Waals surface area contributed by atoms with Crippen molar-refractivity contribution in [1.29, 1.82) is 5.41 Å². The molecular formula is C7H12N2O. The highest BCUT2D eigenvalue weighted by molar-refractivity contribution is 5.97. The third-order valence-electron chi connectivity index (χ3n) is 1.68. The number of nitrogens with two attached hydrogens (primary N) is 1. The highest BCUT2D eigenvalue weighted by Crippen LogP contribution is 2.14. The van der Waals surface area contributed by atoms with Gasteiger partial charge >= 0.3 is 0 Å². The van der Waals surface area contributed by atoms with Gasteiger partial charge in [-0.3, -0.25) is 0 Å². The minimum absolute atomic E-state index is 0.0844. The summed E-state index contributed by atoms with van der Waals surface area (Å²) >= 11 is 0. The second kappa shape index (κ2) is 2.84. The molecule has 1 unspecified atom stereocenters. The van der Waals surface area contributed by atoms with Crippen LogP contribution in [0.2, 0.25) is 0 Å². The van der Waals surface area contributed by atoms with Gasteiger partial charge in [0.25, 0.3) is 0 Å². The van der Waals surface area contributed by atoms with Crippen LogP contribution >= 0.6 is 0 Å². The van der Waals surface area contributed by atoms with Crippen LogP contribution in [-0.2, 0) is 4.74 Å². The van der Waals surface area contributed by atoms with Crippen LogP contribution in [0.25, 0.3) is 0 Å². The van der Waals surface area contributed by atoms with Crippen LogP contribution in [0.4, 0.5) is 0 Å². The van der Waals surface area contributed by atoms with Gasteiger partial charge in [0.1, 0.15) is 0 Å². The minimum atomic E-state index is -0.0844. The van der Waals surface area contributed by atoms with Crippen molar-refractivity contribution in [1.82, 2.24) is 0 Å². The number of allylic oxidation sites excluding steroid dienone is 1. The molecule has 0 bridgehead atoms. The summed E-state index contributed by atoms with van der Waals surface area (Å²) in [5, 5.41) is 7.35. The summed E-state index contributed by atoms with van der Waals surface area (Å²) in [7, 11) is 1.62. The molecular weight excluding hydrogens is 128 g/mol. The Bertz CT molecular complexity index is 174. The average Bonchev–Trinajstić information content (AvgIpc) is 1.95. The molecule has 0 spiro atoms. The summed E-state index contributed by atoms with van der Waals surface area (Å²) in [4.78, 5) is 0. The average molecular weight is 140 g/mol. The topological polar surface area (TPSA) is 59.1 Å². The van der Waals surface area contributed by atoms with Gasteiger partial charge in [0.15, 0.2) is 0 Å². The molecule has 3 N–H and O–H groups in total. The molecule has 1 aliphatic carbocycles. The number of rotatable bonds is 1. The standard InChI is InChI=1S/C7H12N2O/c1-10-5-2-3-6(8)7(9)4-5/h4,6,9H,2-3,8H2,1H3. The molecule has 0 aromatic carbocycles. The fourth-order valence-electron chi connectivity index (χ4n) is 0.967. The Balaban J connectivity index is 2.66. The van der Waals surface area contributed by atoms with Crippen molar-refractivity contribution in [3.8, 4) is 0 Å². The van der Waals surface area contributed by atoms with Crippen LogP contribution in [0.5, 0.6) is 0 Å². The SMILES string of the molecule is COC1=CC(=N)C(N)CC1. The van der Waals surface area contributed by atoms with Crippen LogP contribution in [0, 0.1) is 5.41 Å². The Morgan fingerprint density at radius 2 is 2.50 bits per heavy atom. The zero-order valence-corrected chi connectivity index (χ0v) is 6.05. The predicted octanol–water partition coefficient (Wildman–Crippen LogP) is 0.658. The summed E-state index contributed by atoms with van der Waals surface area (Å²) < 4.78 is 4.97. The van der Waals surface area contributed by atoms with Crippen LogP contribution in [0.15, 0.2) is 11.8 Å².